The minimum atomic E-state index is -3.98. The van der Waals surface area contributed by atoms with Crippen LogP contribution in [0.15, 0.2) is 70.6 Å². The number of ether oxygens (including phenoxy) is 1. The van der Waals surface area contributed by atoms with E-state index >= 15 is 0 Å². The number of sulfone groups is 1. The van der Waals surface area contributed by atoms with Crippen LogP contribution in [0.1, 0.15) is 42.9 Å². The second-order valence-electron chi connectivity index (χ2n) is 12.9. The average Bonchev–Trinajstić information content (AvgIpc) is 3.66. The van der Waals surface area contributed by atoms with Crippen molar-refractivity contribution in [2.45, 2.75) is 44.2 Å². The largest absolute Gasteiger partial charge is 0.493 e. The molecule has 11 nitrogen and oxygen atoms in total. The highest BCUT2D eigenvalue weighted by Crippen LogP contribution is 2.35. The number of carbonyl (C=O) groups excluding carboxylic acids is 1. The summed E-state index contributed by atoms with van der Waals surface area (Å²) in [6, 6.07) is 17.0. The van der Waals surface area contributed by atoms with Gasteiger partial charge in [-0.1, -0.05) is 59.1 Å². The van der Waals surface area contributed by atoms with Crippen LogP contribution >= 0.6 is 34.8 Å². The predicted molar refractivity (Wildman–Crippen MR) is 207 cm³/mol. The van der Waals surface area contributed by atoms with Gasteiger partial charge in [0.15, 0.2) is 0 Å². The number of amides is 2. The van der Waals surface area contributed by atoms with Gasteiger partial charge in [0.05, 0.1) is 36.0 Å². The molecule has 0 spiro atoms. The summed E-state index contributed by atoms with van der Waals surface area (Å²) in [7, 11) is -7.05. The Morgan fingerprint density at radius 2 is 1.44 bits per heavy atom. The minimum absolute atomic E-state index is 0.0127. The standard InChI is InChI=1S/C36H44Cl3N5O6S2/c1-3-50-33-24-32(39)34(52(48,49)43-16-4-5-17-43)23-31(33)35(40-25-27-7-11-29(37)12-8-27)44(26-28-9-13-30(38)14-10-28)36(45)42-20-18-41(19-21-42)15-6-22-51(2,46)47/h7-14,23-24H,3-6,15-22,25-26H2,1-2H3. The van der Waals surface area contributed by atoms with Gasteiger partial charge in [-0.25, -0.2) is 21.6 Å². The van der Waals surface area contributed by atoms with Crippen LogP contribution < -0.4 is 4.74 Å². The van der Waals surface area contributed by atoms with Gasteiger partial charge < -0.3 is 9.64 Å². The van der Waals surface area contributed by atoms with E-state index in [1.807, 2.05) is 31.2 Å². The van der Waals surface area contributed by atoms with Gasteiger partial charge in [-0.3, -0.25) is 14.8 Å². The van der Waals surface area contributed by atoms with Gasteiger partial charge in [0.2, 0.25) is 10.0 Å². The normalized spacial score (nSPS) is 16.3. The first kappa shape index (κ1) is 40.3. The summed E-state index contributed by atoms with van der Waals surface area (Å²) in [6.07, 6.45) is 3.25. The Kier molecular flexibility index (Phi) is 13.9. The molecular weight excluding hydrogens is 769 g/mol. The Morgan fingerprint density at radius 1 is 0.846 bits per heavy atom. The molecule has 2 amide bonds. The Bertz CT molecular complexity index is 1950. The highest BCUT2D eigenvalue weighted by molar-refractivity contribution is 7.90. The molecule has 52 heavy (non-hydrogen) atoms. The van der Waals surface area contributed by atoms with Crippen molar-refractivity contribution in [3.8, 4) is 5.75 Å². The van der Waals surface area contributed by atoms with Gasteiger partial charge in [-0.15, -0.1) is 0 Å². The Labute approximate surface area is 322 Å². The monoisotopic (exact) mass is 811 g/mol. The molecule has 282 valence electrons. The summed E-state index contributed by atoms with van der Waals surface area (Å²) in [4.78, 5) is 25.1. The number of nitrogens with zero attached hydrogens (tertiary/aromatic N) is 5. The van der Waals surface area contributed by atoms with Crippen LogP contribution in [0.3, 0.4) is 0 Å². The fraction of sp³-hybridized carbons (Fsp3) is 0.444. The van der Waals surface area contributed by atoms with Gasteiger partial charge in [-0.05, 0) is 74.2 Å². The van der Waals surface area contributed by atoms with Crippen LogP contribution in [0.25, 0.3) is 0 Å². The molecule has 2 heterocycles. The maximum Gasteiger partial charge on any atom is 0.326 e. The fourth-order valence-corrected chi connectivity index (χ4v) is 9.15. The Balaban J connectivity index is 1.59. The highest BCUT2D eigenvalue weighted by Gasteiger charge is 2.34. The number of benzene rings is 3. The number of halogens is 3. The zero-order valence-electron chi connectivity index (χ0n) is 29.3. The fourth-order valence-electron chi connectivity index (χ4n) is 6.21. The van der Waals surface area contributed by atoms with E-state index in [1.54, 1.807) is 34.1 Å². The topological polar surface area (TPSA) is 120 Å². The van der Waals surface area contributed by atoms with Crippen LogP contribution in [0.5, 0.6) is 5.75 Å². The van der Waals surface area contributed by atoms with Crippen molar-refractivity contribution in [3.63, 3.8) is 0 Å². The first-order valence-electron chi connectivity index (χ1n) is 17.2. The Morgan fingerprint density at radius 3 is 2.02 bits per heavy atom. The molecule has 2 saturated heterocycles. The first-order valence-corrected chi connectivity index (χ1v) is 21.9. The molecule has 0 atom stereocenters. The molecule has 0 aromatic heterocycles. The number of piperazine rings is 1. The van der Waals surface area contributed by atoms with Crippen molar-refractivity contribution in [2.24, 2.45) is 4.99 Å². The van der Waals surface area contributed by atoms with E-state index in [2.05, 4.69) is 4.90 Å². The van der Waals surface area contributed by atoms with E-state index in [-0.39, 0.29) is 53.0 Å². The van der Waals surface area contributed by atoms with E-state index in [0.717, 1.165) is 24.0 Å². The number of hydrogen-bond donors (Lipinski definition) is 0. The lowest BCUT2D eigenvalue weighted by molar-refractivity contribution is 0.125. The molecule has 2 aliphatic rings. The molecule has 0 aliphatic carbocycles. The quantitative estimate of drug-likeness (QED) is 0.144. The van der Waals surface area contributed by atoms with Crippen molar-refractivity contribution in [1.29, 1.82) is 0 Å². The SMILES string of the molecule is CCOc1cc(Cl)c(S(=O)(=O)N2CCCC2)cc1C(=NCc1ccc(Cl)cc1)N(Cc1ccc(Cl)cc1)C(=O)N1CCN(CCCS(C)(=O)=O)CC1. The summed E-state index contributed by atoms with van der Waals surface area (Å²) in [5.41, 5.74) is 1.90. The molecule has 0 bridgehead atoms. The van der Waals surface area contributed by atoms with E-state index in [9.17, 15) is 21.6 Å². The summed E-state index contributed by atoms with van der Waals surface area (Å²) >= 11 is 19.1. The van der Waals surface area contributed by atoms with Gasteiger partial charge in [0.25, 0.3) is 0 Å². The van der Waals surface area contributed by atoms with Crippen molar-refractivity contribution in [1.82, 2.24) is 19.0 Å². The average molecular weight is 813 g/mol. The third-order valence-electron chi connectivity index (χ3n) is 8.96. The van der Waals surface area contributed by atoms with Gasteiger partial charge in [-0.2, -0.15) is 4.31 Å². The van der Waals surface area contributed by atoms with Gasteiger partial charge in [0, 0.05) is 61.6 Å². The molecule has 2 fully saturated rings. The molecule has 16 heteroatoms. The number of rotatable bonds is 13. The van der Waals surface area contributed by atoms with Crippen molar-refractivity contribution >= 4 is 66.5 Å². The third kappa shape index (κ3) is 10.6. The van der Waals surface area contributed by atoms with E-state index in [0.29, 0.717) is 67.8 Å². The van der Waals surface area contributed by atoms with Crippen LogP contribution in [-0.4, -0.2) is 112 Å². The van der Waals surface area contributed by atoms with Crippen molar-refractivity contribution in [3.05, 3.63) is 92.4 Å². The molecule has 5 rings (SSSR count). The molecule has 3 aromatic carbocycles. The zero-order valence-corrected chi connectivity index (χ0v) is 33.2. The molecule has 0 N–H and O–H groups in total. The predicted octanol–water partition coefficient (Wildman–Crippen LogP) is 6.45. The third-order valence-corrected chi connectivity index (χ3v) is 12.9. The summed E-state index contributed by atoms with van der Waals surface area (Å²) in [5.74, 6) is 0.600. The number of carbonyl (C=O) groups is 1. The van der Waals surface area contributed by atoms with Crippen LogP contribution in [0.4, 0.5) is 4.79 Å². The van der Waals surface area contributed by atoms with Gasteiger partial charge in [0.1, 0.15) is 26.3 Å². The molecular formula is C36H44Cl3N5O6S2. The van der Waals surface area contributed by atoms with Crippen molar-refractivity contribution < 1.29 is 26.4 Å². The lowest BCUT2D eigenvalue weighted by Crippen LogP contribution is -2.54. The van der Waals surface area contributed by atoms with E-state index in [1.165, 1.54) is 22.7 Å². The van der Waals surface area contributed by atoms with E-state index in [4.69, 9.17) is 44.5 Å². The van der Waals surface area contributed by atoms with Crippen LogP contribution in [0.2, 0.25) is 15.1 Å². The minimum Gasteiger partial charge on any atom is -0.493 e. The summed E-state index contributed by atoms with van der Waals surface area (Å²) in [5, 5.41) is 1.12. The maximum atomic E-state index is 14.8. The molecule has 3 aromatic rings. The smallest absolute Gasteiger partial charge is 0.326 e. The Hall–Kier alpha value is -2.91. The summed E-state index contributed by atoms with van der Waals surface area (Å²) < 4.78 is 58.7. The number of amidine groups is 1. The second-order valence-corrected chi connectivity index (χ2v) is 18.3. The molecule has 2 aliphatic heterocycles. The van der Waals surface area contributed by atoms with Crippen LogP contribution in [-0.2, 0) is 33.0 Å². The second kappa shape index (κ2) is 17.9. The zero-order chi connectivity index (χ0) is 37.5. The van der Waals surface area contributed by atoms with Gasteiger partial charge >= 0.3 is 6.03 Å². The number of hydrogen-bond acceptors (Lipinski definition) is 8. The van der Waals surface area contributed by atoms with Crippen molar-refractivity contribution in [2.75, 3.05) is 64.4 Å². The molecule has 0 saturated carbocycles. The lowest BCUT2D eigenvalue weighted by Gasteiger charge is -2.38. The van der Waals surface area contributed by atoms with Crippen LogP contribution in [0, 0.1) is 0 Å². The first-order chi connectivity index (χ1) is 24.7. The number of aliphatic imine (C=N–C) groups is 1. The lowest BCUT2D eigenvalue weighted by atomic mass is 10.1. The maximum absolute atomic E-state index is 14.8. The van der Waals surface area contributed by atoms with E-state index < -0.39 is 19.9 Å². The molecule has 0 unspecified atom stereocenters. The number of sulfonamides is 1. The number of urea groups is 1. The molecule has 0 radical (unpaired) electrons. The highest BCUT2D eigenvalue weighted by atomic mass is 35.5. The summed E-state index contributed by atoms with van der Waals surface area (Å²) in [6.45, 7) is 5.59.